The number of methoxy groups -OCH3 is 1. The van der Waals surface area contributed by atoms with Gasteiger partial charge < -0.3 is 15.4 Å². The average Bonchev–Trinajstić information content (AvgIpc) is 1.98. The predicted octanol–water partition coefficient (Wildman–Crippen LogP) is 0.564. The Bertz CT molecular complexity index is 170. The first-order valence-electron chi connectivity index (χ1n) is 4.25. The van der Waals surface area contributed by atoms with Gasteiger partial charge in [0.2, 0.25) is 0 Å². The lowest BCUT2D eigenvalue weighted by Crippen LogP contribution is -2.52. The van der Waals surface area contributed by atoms with Gasteiger partial charge in [-0.3, -0.25) is 0 Å². The summed E-state index contributed by atoms with van der Waals surface area (Å²) in [7, 11) is 1.41. The van der Waals surface area contributed by atoms with Crippen molar-refractivity contribution in [2.45, 2.75) is 31.8 Å². The summed E-state index contributed by atoms with van der Waals surface area (Å²) in [5.41, 5.74) is 5.63. The molecular formula is C8H16N2O2. The number of nitrogens with zero attached hydrogens (tertiary/aromatic N) is 1. The van der Waals surface area contributed by atoms with Gasteiger partial charge in [0.25, 0.3) is 0 Å². The van der Waals surface area contributed by atoms with Crippen LogP contribution in [-0.4, -0.2) is 36.7 Å². The standard InChI is InChI=1S/C8H16N2O2/c1-6(9)5-7-3-4-10(7)8(11)12-2/h6-7H,3-5,9H2,1-2H3. The van der Waals surface area contributed by atoms with Gasteiger partial charge in [0.15, 0.2) is 0 Å². The molecule has 2 N–H and O–H groups in total. The van der Waals surface area contributed by atoms with Gasteiger partial charge in [-0.2, -0.15) is 0 Å². The summed E-state index contributed by atoms with van der Waals surface area (Å²) in [6, 6.07) is 0.458. The second-order valence-corrected chi connectivity index (χ2v) is 3.32. The van der Waals surface area contributed by atoms with Crippen molar-refractivity contribution in [2.24, 2.45) is 5.73 Å². The van der Waals surface area contributed by atoms with Crippen molar-refractivity contribution in [3.05, 3.63) is 0 Å². The molecule has 1 amide bonds. The summed E-state index contributed by atoms with van der Waals surface area (Å²) in [6.45, 7) is 2.76. The van der Waals surface area contributed by atoms with Crippen molar-refractivity contribution in [3.63, 3.8) is 0 Å². The summed E-state index contributed by atoms with van der Waals surface area (Å²) in [5.74, 6) is 0. The first kappa shape index (κ1) is 9.32. The monoisotopic (exact) mass is 172 g/mol. The van der Waals surface area contributed by atoms with E-state index in [0.717, 1.165) is 19.4 Å². The molecule has 1 aliphatic heterocycles. The molecule has 0 aromatic heterocycles. The van der Waals surface area contributed by atoms with Crippen molar-refractivity contribution in [3.8, 4) is 0 Å². The largest absolute Gasteiger partial charge is 0.453 e. The van der Waals surface area contributed by atoms with Gasteiger partial charge in [0.1, 0.15) is 0 Å². The first-order valence-corrected chi connectivity index (χ1v) is 4.25. The fraction of sp³-hybridized carbons (Fsp3) is 0.875. The third-order valence-corrected chi connectivity index (χ3v) is 2.20. The van der Waals surface area contributed by atoms with Gasteiger partial charge in [-0.15, -0.1) is 0 Å². The summed E-state index contributed by atoms with van der Waals surface area (Å²) >= 11 is 0. The molecule has 4 heteroatoms. The number of hydrogen-bond donors (Lipinski definition) is 1. The molecule has 0 spiro atoms. The SMILES string of the molecule is COC(=O)N1CCC1CC(C)N. The Kier molecular flexibility index (Phi) is 2.92. The normalized spacial score (nSPS) is 24.6. The molecule has 0 aliphatic carbocycles. The molecule has 12 heavy (non-hydrogen) atoms. The Hall–Kier alpha value is -0.770. The van der Waals surface area contributed by atoms with Crippen molar-refractivity contribution < 1.29 is 9.53 Å². The van der Waals surface area contributed by atoms with E-state index in [9.17, 15) is 4.79 Å². The summed E-state index contributed by atoms with van der Waals surface area (Å²) in [6.07, 6.45) is 1.69. The Balaban J connectivity index is 2.33. The van der Waals surface area contributed by atoms with E-state index in [1.54, 1.807) is 4.90 Å². The van der Waals surface area contributed by atoms with Crippen LogP contribution in [0.1, 0.15) is 19.8 Å². The van der Waals surface area contributed by atoms with Crippen LogP contribution >= 0.6 is 0 Å². The van der Waals surface area contributed by atoms with Crippen LogP contribution in [0, 0.1) is 0 Å². The molecule has 0 aromatic carbocycles. The maximum Gasteiger partial charge on any atom is 0.409 e. The molecule has 0 radical (unpaired) electrons. The van der Waals surface area contributed by atoms with Crippen molar-refractivity contribution >= 4 is 6.09 Å². The number of carbonyl (C=O) groups is 1. The predicted molar refractivity (Wildman–Crippen MR) is 45.8 cm³/mol. The summed E-state index contributed by atoms with van der Waals surface area (Å²) < 4.78 is 4.61. The average molecular weight is 172 g/mol. The van der Waals surface area contributed by atoms with E-state index in [-0.39, 0.29) is 12.1 Å². The highest BCUT2D eigenvalue weighted by Crippen LogP contribution is 2.21. The zero-order valence-corrected chi connectivity index (χ0v) is 7.62. The molecule has 4 nitrogen and oxygen atoms in total. The second-order valence-electron chi connectivity index (χ2n) is 3.32. The van der Waals surface area contributed by atoms with Crippen LogP contribution in [0.15, 0.2) is 0 Å². The van der Waals surface area contributed by atoms with Gasteiger partial charge >= 0.3 is 6.09 Å². The number of amides is 1. The van der Waals surface area contributed by atoms with E-state index in [4.69, 9.17) is 5.73 Å². The third kappa shape index (κ3) is 1.88. The Morgan fingerprint density at radius 1 is 1.83 bits per heavy atom. The number of hydrogen-bond acceptors (Lipinski definition) is 3. The number of carbonyl (C=O) groups excluding carboxylic acids is 1. The third-order valence-electron chi connectivity index (χ3n) is 2.20. The van der Waals surface area contributed by atoms with Gasteiger partial charge in [-0.1, -0.05) is 0 Å². The maximum atomic E-state index is 11.0. The zero-order chi connectivity index (χ0) is 9.14. The molecule has 2 unspecified atom stereocenters. The molecular weight excluding hydrogens is 156 g/mol. The lowest BCUT2D eigenvalue weighted by molar-refractivity contribution is 0.0561. The molecule has 0 aromatic rings. The Labute approximate surface area is 72.7 Å². The fourth-order valence-electron chi connectivity index (χ4n) is 1.47. The van der Waals surface area contributed by atoms with Crippen LogP contribution < -0.4 is 5.73 Å². The Morgan fingerprint density at radius 3 is 2.83 bits per heavy atom. The number of nitrogens with two attached hydrogens (primary N) is 1. The minimum atomic E-state index is -0.230. The lowest BCUT2D eigenvalue weighted by atomic mass is 9.97. The van der Waals surface area contributed by atoms with E-state index in [0.29, 0.717) is 6.04 Å². The molecule has 0 saturated carbocycles. The molecule has 1 saturated heterocycles. The molecule has 1 aliphatic rings. The number of likely N-dealkylation sites (tertiary alicyclic amines) is 1. The van der Waals surface area contributed by atoms with Crippen LogP contribution in [0.2, 0.25) is 0 Å². The van der Waals surface area contributed by atoms with Gasteiger partial charge in [0.05, 0.1) is 7.11 Å². The first-order chi connectivity index (χ1) is 5.65. The highest BCUT2D eigenvalue weighted by atomic mass is 16.5. The van der Waals surface area contributed by atoms with E-state index < -0.39 is 0 Å². The summed E-state index contributed by atoms with van der Waals surface area (Å²) in [5, 5.41) is 0. The molecule has 1 rings (SSSR count). The number of ether oxygens (including phenoxy) is 1. The maximum absolute atomic E-state index is 11.0. The van der Waals surface area contributed by atoms with Crippen LogP contribution in [0.25, 0.3) is 0 Å². The molecule has 2 atom stereocenters. The van der Waals surface area contributed by atoms with E-state index in [2.05, 4.69) is 4.74 Å². The molecule has 1 heterocycles. The van der Waals surface area contributed by atoms with E-state index >= 15 is 0 Å². The highest BCUT2D eigenvalue weighted by molar-refractivity contribution is 5.68. The smallest absolute Gasteiger partial charge is 0.409 e. The van der Waals surface area contributed by atoms with Crippen LogP contribution in [-0.2, 0) is 4.74 Å². The topological polar surface area (TPSA) is 55.6 Å². The second kappa shape index (κ2) is 3.76. The minimum absolute atomic E-state index is 0.155. The van der Waals surface area contributed by atoms with Gasteiger partial charge in [0, 0.05) is 18.6 Å². The Morgan fingerprint density at radius 2 is 2.50 bits per heavy atom. The van der Waals surface area contributed by atoms with Gasteiger partial charge in [-0.25, -0.2) is 4.79 Å². The van der Waals surface area contributed by atoms with Crippen LogP contribution in [0.3, 0.4) is 0 Å². The number of rotatable bonds is 2. The molecule has 0 bridgehead atoms. The van der Waals surface area contributed by atoms with Crippen molar-refractivity contribution in [1.29, 1.82) is 0 Å². The fourth-order valence-corrected chi connectivity index (χ4v) is 1.47. The summed E-state index contributed by atoms with van der Waals surface area (Å²) in [4.78, 5) is 12.8. The lowest BCUT2D eigenvalue weighted by Gasteiger charge is -2.40. The van der Waals surface area contributed by atoms with E-state index in [1.165, 1.54) is 7.11 Å². The quantitative estimate of drug-likeness (QED) is 0.662. The van der Waals surface area contributed by atoms with E-state index in [1.807, 2.05) is 6.92 Å². The molecule has 1 fully saturated rings. The van der Waals surface area contributed by atoms with Crippen molar-refractivity contribution in [2.75, 3.05) is 13.7 Å². The highest BCUT2D eigenvalue weighted by Gasteiger charge is 2.32. The van der Waals surface area contributed by atoms with Crippen LogP contribution in [0.4, 0.5) is 4.79 Å². The van der Waals surface area contributed by atoms with Crippen LogP contribution in [0.5, 0.6) is 0 Å². The zero-order valence-electron chi connectivity index (χ0n) is 7.62. The van der Waals surface area contributed by atoms with Gasteiger partial charge in [-0.05, 0) is 19.8 Å². The molecule has 70 valence electrons. The minimum Gasteiger partial charge on any atom is -0.453 e. The van der Waals surface area contributed by atoms with Crippen molar-refractivity contribution in [1.82, 2.24) is 4.90 Å².